The van der Waals surface area contributed by atoms with Crippen LogP contribution in [-0.4, -0.2) is 21.4 Å². The van der Waals surface area contributed by atoms with Crippen molar-refractivity contribution < 1.29 is 9.53 Å². The van der Waals surface area contributed by atoms with Crippen molar-refractivity contribution in [1.82, 2.24) is 9.38 Å². The van der Waals surface area contributed by atoms with E-state index in [1.165, 1.54) is 19.3 Å². The van der Waals surface area contributed by atoms with Gasteiger partial charge in [-0.15, -0.1) is 0 Å². The predicted molar refractivity (Wildman–Crippen MR) is 135 cm³/mol. The van der Waals surface area contributed by atoms with Gasteiger partial charge in [-0.2, -0.15) is 0 Å². The lowest BCUT2D eigenvalue weighted by molar-refractivity contribution is 0.0735. The molecule has 5 nitrogen and oxygen atoms in total. The van der Waals surface area contributed by atoms with E-state index in [1.54, 1.807) is 6.07 Å². The van der Waals surface area contributed by atoms with Gasteiger partial charge in [-0.3, -0.25) is 4.40 Å². The van der Waals surface area contributed by atoms with Crippen LogP contribution in [-0.2, 0) is 0 Å². The smallest absolute Gasteiger partial charge is 0.343 e. The number of esters is 1. The lowest BCUT2D eigenvalue weighted by atomic mass is 9.95. The summed E-state index contributed by atoms with van der Waals surface area (Å²) in [6.45, 7) is 1.91. The highest BCUT2D eigenvalue weighted by Gasteiger charge is 2.23. The molecule has 0 bridgehead atoms. The molecular weight excluding hydrogens is 478 g/mol. The molecule has 6 heteroatoms. The Morgan fingerprint density at radius 3 is 2.61 bits per heavy atom. The third-order valence-corrected chi connectivity index (χ3v) is 6.71. The van der Waals surface area contributed by atoms with E-state index < -0.39 is 0 Å². The number of nitrogens with one attached hydrogen (secondary N) is 1. The number of hydrogen-bond donors (Lipinski definition) is 1. The number of fused-ring (bicyclic) bond motifs is 1. The first-order valence-electron chi connectivity index (χ1n) is 11.4. The van der Waals surface area contributed by atoms with Crippen LogP contribution in [0.4, 0.5) is 5.82 Å². The molecule has 5 rings (SSSR count). The van der Waals surface area contributed by atoms with Gasteiger partial charge in [0.2, 0.25) is 0 Å². The molecule has 4 aromatic rings. The van der Waals surface area contributed by atoms with Crippen LogP contribution in [0.25, 0.3) is 16.9 Å². The maximum Gasteiger partial charge on any atom is 0.343 e. The number of rotatable bonds is 5. The highest BCUT2D eigenvalue weighted by molar-refractivity contribution is 9.10. The SMILES string of the molecule is Cc1ccccc1C(=O)Oc1ccccc1-c1nc2ccc(Br)cn2c1NC1CCCCC1. The van der Waals surface area contributed by atoms with Crippen molar-refractivity contribution in [3.63, 3.8) is 0 Å². The van der Waals surface area contributed by atoms with Crippen LogP contribution in [0.5, 0.6) is 5.75 Å². The Kier molecular flexibility index (Phi) is 6.18. The fourth-order valence-electron chi connectivity index (χ4n) is 4.49. The van der Waals surface area contributed by atoms with Crippen LogP contribution in [0.3, 0.4) is 0 Å². The molecule has 1 N–H and O–H groups in total. The van der Waals surface area contributed by atoms with Crippen LogP contribution in [0.15, 0.2) is 71.3 Å². The quantitative estimate of drug-likeness (QED) is 0.234. The average molecular weight is 504 g/mol. The summed E-state index contributed by atoms with van der Waals surface area (Å²) in [4.78, 5) is 17.9. The van der Waals surface area contributed by atoms with Crippen LogP contribution in [0.2, 0.25) is 0 Å². The Morgan fingerprint density at radius 2 is 1.79 bits per heavy atom. The summed E-state index contributed by atoms with van der Waals surface area (Å²) in [6.07, 6.45) is 8.08. The van der Waals surface area contributed by atoms with Crippen molar-refractivity contribution in [3.8, 4) is 17.0 Å². The maximum atomic E-state index is 13.0. The molecule has 0 radical (unpaired) electrons. The second-order valence-corrected chi connectivity index (χ2v) is 9.48. The average Bonchev–Trinajstić information content (AvgIpc) is 3.17. The molecule has 1 aliphatic carbocycles. The largest absolute Gasteiger partial charge is 0.422 e. The summed E-state index contributed by atoms with van der Waals surface area (Å²) >= 11 is 3.59. The van der Waals surface area contributed by atoms with Gasteiger partial charge < -0.3 is 10.1 Å². The fourth-order valence-corrected chi connectivity index (χ4v) is 4.83. The molecule has 0 amide bonds. The van der Waals surface area contributed by atoms with Gasteiger partial charge in [0.05, 0.1) is 5.56 Å². The molecule has 1 saturated carbocycles. The Balaban J connectivity index is 1.57. The third-order valence-electron chi connectivity index (χ3n) is 6.24. The van der Waals surface area contributed by atoms with Crippen LogP contribution in [0, 0.1) is 6.92 Å². The topological polar surface area (TPSA) is 55.6 Å². The minimum Gasteiger partial charge on any atom is -0.422 e. The summed E-state index contributed by atoms with van der Waals surface area (Å²) in [7, 11) is 0. The number of benzene rings is 2. The zero-order chi connectivity index (χ0) is 22.8. The number of nitrogens with zero attached hydrogens (tertiary/aromatic N) is 2. The number of anilines is 1. The summed E-state index contributed by atoms with van der Waals surface area (Å²) in [5, 5.41) is 3.76. The Bertz CT molecular complexity index is 1310. The fraction of sp³-hybridized carbons (Fsp3) is 0.259. The normalized spacial score (nSPS) is 14.4. The van der Waals surface area contributed by atoms with E-state index in [2.05, 4.69) is 25.6 Å². The molecule has 2 aromatic carbocycles. The van der Waals surface area contributed by atoms with Gasteiger partial charge in [0.25, 0.3) is 0 Å². The standard InChI is InChI=1S/C27H26BrN3O2/c1-18-9-5-6-12-21(18)27(32)33-23-14-8-7-13-22(23)25-26(29-20-10-3-2-4-11-20)31-17-19(28)15-16-24(31)30-25/h5-9,12-17,20,29H,2-4,10-11H2,1H3. The summed E-state index contributed by atoms with van der Waals surface area (Å²) in [6, 6.07) is 19.5. The molecule has 0 spiro atoms. The predicted octanol–water partition coefficient (Wildman–Crippen LogP) is 7.04. The molecular formula is C27H26BrN3O2. The first-order chi connectivity index (χ1) is 16.1. The summed E-state index contributed by atoms with van der Waals surface area (Å²) < 4.78 is 8.96. The minimum atomic E-state index is -0.367. The Labute approximate surface area is 201 Å². The zero-order valence-corrected chi connectivity index (χ0v) is 20.1. The summed E-state index contributed by atoms with van der Waals surface area (Å²) in [5.41, 5.74) is 3.86. The highest BCUT2D eigenvalue weighted by Crippen LogP contribution is 2.37. The molecule has 0 saturated heterocycles. The number of para-hydroxylation sites is 1. The van der Waals surface area contributed by atoms with Crippen molar-refractivity contribution in [3.05, 3.63) is 82.5 Å². The first kappa shape index (κ1) is 21.7. The molecule has 0 unspecified atom stereocenters. The number of halogens is 1. The minimum absolute atomic E-state index is 0.367. The number of carbonyl (C=O) groups is 1. The van der Waals surface area contributed by atoms with Crippen LogP contribution in [0.1, 0.15) is 48.0 Å². The van der Waals surface area contributed by atoms with E-state index in [-0.39, 0.29) is 5.97 Å². The highest BCUT2D eigenvalue weighted by atomic mass is 79.9. The van der Waals surface area contributed by atoms with Crippen LogP contribution < -0.4 is 10.1 Å². The number of aryl methyl sites for hydroxylation is 1. The Hall–Kier alpha value is -3.12. The summed E-state index contributed by atoms with van der Waals surface area (Å²) in [5.74, 6) is 1.06. The van der Waals surface area contributed by atoms with Crippen molar-refractivity contribution in [2.75, 3.05) is 5.32 Å². The number of ether oxygens (including phenoxy) is 1. The van der Waals surface area contributed by atoms with Gasteiger partial charge in [-0.1, -0.05) is 49.6 Å². The van der Waals surface area contributed by atoms with E-state index in [4.69, 9.17) is 9.72 Å². The number of aromatic nitrogens is 2. The lowest BCUT2D eigenvalue weighted by Gasteiger charge is -2.24. The van der Waals surface area contributed by atoms with Crippen molar-refractivity contribution in [1.29, 1.82) is 0 Å². The molecule has 1 aliphatic rings. The van der Waals surface area contributed by atoms with E-state index in [1.807, 2.05) is 67.7 Å². The van der Waals surface area contributed by atoms with Gasteiger partial charge in [0.15, 0.2) is 0 Å². The van der Waals surface area contributed by atoms with E-state index in [0.29, 0.717) is 17.4 Å². The molecule has 168 valence electrons. The van der Waals surface area contributed by atoms with Gasteiger partial charge in [0.1, 0.15) is 22.9 Å². The molecule has 33 heavy (non-hydrogen) atoms. The van der Waals surface area contributed by atoms with Gasteiger partial charge in [0, 0.05) is 22.3 Å². The Morgan fingerprint density at radius 1 is 1.03 bits per heavy atom. The second kappa shape index (κ2) is 9.40. The van der Waals surface area contributed by atoms with Crippen LogP contribution >= 0.6 is 15.9 Å². The molecule has 2 heterocycles. The number of carbonyl (C=O) groups excluding carboxylic acids is 1. The molecule has 0 aliphatic heterocycles. The van der Waals surface area contributed by atoms with Gasteiger partial charge >= 0.3 is 5.97 Å². The molecule has 1 fully saturated rings. The van der Waals surface area contributed by atoms with Crippen molar-refractivity contribution in [2.45, 2.75) is 45.1 Å². The van der Waals surface area contributed by atoms with Crippen molar-refractivity contribution in [2.24, 2.45) is 0 Å². The maximum absolute atomic E-state index is 13.0. The van der Waals surface area contributed by atoms with E-state index in [0.717, 1.165) is 45.6 Å². The van der Waals surface area contributed by atoms with E-state index >= 15 is 0 Å². The molecule has 2 aromatic heterocycles. The molecule has 0 atom stereocenters. The third kappa shape index (κ3) is 4.53. The first-order valence-corrected chi connectivity index (χ1v) is 12.2. The second-order valence-electron chi connectivity index (χ2n) is 8.56. The van der Waals surface area contributed by atoms with Crippen molar-refractivity contribution >= 4 is 33.4 Å². The zero-order valence-electron chi connectivity index (χ0n) is 18.6. The number of imidazole rings is 1. The van der Waals surface area contributed by atoms with Gasteiger partial charge in [-0.25, -0.2) is 9.78 Å². The van der Waals surface area contributed by atoms with E-state index in [9.17, 15) is 4.79 Å². The van der Waals surface area contributed by atoms with Gasteiger partial charge in [-0.05, 0) is 71.6 Å². The lowest BCUT2D eigenvalue weighted by Crippen LogP contribution is -2.23. The number of hydrogen-bond acceptors (Lipinski definition) is 4. The number of pyridine rings is 1. The monoisotopic (exact) mass is 503 g/mol.